The van der Waals surface area contributed by atoms with Crippen LogP contribution in [0.25, 0.3) is 11.1 Å². The van der Waals surface area contributed by atoms with Gasteiger partial charge in [-0.1, -0.05) is 82.6 Å². The number of nitrogens with zero attached hydrogens (tertiary/aromatic N) is 1. The molecule has 2 aromatic rings. The fourth-order valence-corrected chi connectivity index (χ4v) is 3.97. The molecular formula is C31H47NO2. The molecule has 0 bridgehead atoms. The maximum atomic E-state index is 5.92. The molecule has 0 saturated carbocycles. The minimum atomic E-state index is 0.658. The molecule has 0 aliphatic rings. The van der Waals surface area contributed by atoms with Crippen LogP contribution in [0.15, 0.2) is 54.2 Å². The van der Waals surface area contributed by atoms with Gasteiger partial charge in [-0.15, -0.1) is 0 Å². The predicted octanol–water partition coefficient (Wildman–Crippen LogP) is 9.42. The molecule has 2 rings (SSSR count). The van der Waals surface area contributed by atoms with Gasteiger partial charge < -0.3 is 9.47 Å². The van der Waals surface area contributed by atoms with E-state index in [4.69, 9.17) is 9.47 Å². The van der Waals surface area contributed by atoms with Gasteiger partial charge in [0.1, 0.15) is 5.75 Å². The fourth-order valence-electron chi connectivity index (χ4n) is 3.97. The monoisotopic (exact) mass is 465 g/mol. The summed E-state index contributed by atoms with van der Waals surface area (Å²) in [4.78, 5) is 4.50. The van der Waals surface area contributed by atoms with Crippen molar-refractivity contribution in [1.82, 2.24) is 4.98 Å². The molecule has 1 atom stereocenters. The Hall–Kier alpha value is -2.29. The number of hydrogen-bond donors (Lipinski definition) is 0. The molecule has 3 nitrogen and oxygen atoms in total. The van der Waals surface area contributed by atoms with Crippen molar-refractivity contribution in [3.8, 4) is 22.8 Å². The Morgan fingerprint density at radius 2 is 1.47 bits per heavy atom. The highest BCUT2D eigenvalue weighted by atomic mass is 16.5. The lowest BCUT2D eigenvalue weighted by Crippen LogP contribution is -2.05. The van der Waals surface area contributed by atoms with Gasteiger partial charge in [0.2, 0.25) is 5.88 Å². The number of ether oxygens (including phenoxy) is 2. The predicted molar refractivity (Wildman–Crippen MR) is 146 cm³/mol. The Balaban J connectivity index is 1.64. The summed E-state index contributed by atoms with van der Waals surface area (Å²) in [5, 5.41) is 0. The van der Waals surface area contributed by atoms with E-state index in [1.54, 1.807) is 0 Å². The van der Waals surface area contributed by atoms with E-state index >= 15 is 0 Å². The number of benzene rings is 1. The van der Waals surface area contributed by atoms with Gasteiger partial charge in [0.05, 0.1) is 13.2 Å². The summed E-state index contributed by atoms with van der Waals surface area (Å²) in [6.45, 7) is 10.4. The van der Waals surface area contributed by atoms with Crippen LogP contribution in [0.1, 0.15) is 98.3 Å². The van der Waals surface area contributed by atoms with Crippen molar-refractivity contribution in [3.05, 3.63) is 54.2 Å². The largest absolute Gasteiger partial charge is 0.494 e. The molecule has 1 unspecified atom stereocenters. The molecule has 0 amide bonds. The summed E-state index contributed by atoms with van der Waals surface area (Å²) < 4.78 is 11.8. The average Bonchev–Trinajstić information content (AvgIpc) is 2.84. The van der Waals surface area contributed by atoms with Crippen molar-refractivity contribution in [1.29, 1.82) is 0 Å². The Labute approximate surface area is 209 Å². The van der Waals surface area contributed by atoms with E-state index in [2.05, 4.69) is 69.1 Å². The fraction of sp³-hybridized carbons (Fsp3) is 0.581. The van der Waals surface area contributed by atoms with Crippen LogP contribution < -0.4 is 9.47 Å². The Bertz CT molecular complexity index is 791. The van der Waals surface area contributed by atoms with Crippen LogP contribution in [0, 0.1) is 5.92 Å². The smallest absolute Gasteiger partial charge is 0.213 e. The SMILES string of the molecule is CCCCCCCCCCOc1ccc(-c2ccc(OCCC(C)CCC=C(C)C)nc2)cc1. The van der Waals surface area contributed by atoms with Gasteiger partial charge in [-0.05, 0) is 69.2 Å². The van der Waals surface area contributed by atoms with Crippen molar-refractivity contribution < 1.29 is 9.47 Å². The van der Waals surface area contributed by atoms with Crippen LogP contribution in [0.5, 0.6) is 11.6 Å². The van der Waals surface area contributed by atoms with Gasteiger partial charge in [-0.2, -0.15) is 0 Å². The van der Waals surface area contributed by atoms with Gasteiger partial charge in [-0.3, -0.25) is 0 Å². The van der Waals surface area contributed by atoms with Gasteiger partial charge in [0, 0.05) is 17.8 Å². The van der Waals surface area contributed by atoms with Crippen LogP contribution in [0.2, 0.25) is 0 Å². The van der Waals surface area contributed by atoms with Crippen molar-refractivity contribution in [2.45, 2.75) is 98.3 Å². The first-order chi connectivity index (χ1) is 16.6. The van der Waals surface area contributed by atoms with E-state index in [0.29, 0.717) is 18.4 Å². The normalized spacial score (nSPS) is 11.8. The second-order valence-electron chi connectivity index (χ2n) is 9.83. The zero-order valence-corrected chi connectivity index (χ0v) is 22.2. The number of aromatic nitrogens is 1. The van der Waals surface area contributed by atoms with Crippen molar-refractivity contribution in [2.75, 3.05) is 13.2 Å². The zero-order chi connectivity index (χ0) is 24.4. The maximum Gasteiger partial charge on any atom is 0.213 e. The van der Waals surface area contributed by atoms with Crippen LogP contribution in [0.4, 0.5) is 0 Å². The van der Waals surface area contributed by atoms with Crippen LogP contribution in [-0.2, 0) is 0 Å². The summed E-state index contributed by atoms with van der Waals surface area (Å²) in [6, 6.07) is 12.4. The van der Waals surface area contributed by atoms with E-state index in [9.17, 15) is 0 Å². The first-order valence-electron chi connectivity index (χ1n) is 13.5. The van der Waals surface area contributed by atoms with E-state index in [1.165, 1.54) is 56.9 Å². The van der Waals surface area contributed by atoms with Crippen molar-refractivity contribution in [2.24, 2.45) is 5.92 Å². The van der Waals surface area contributed by atoms with Crippen molar-refractivity contribution >= 4 is 0 Å². The van der Waals surface area contributed by atoms with Gasteiger partial charge in [-0.25, -0.2) is 4.98 Å². The van der Waals surface area contributed by atoms with Gasteiger partial charge >= 0.3 is 0 Å². The molecule has 3 heteroatoms. The molecule has 1 heterocycles. The topological polar surface area (TPSA) is 31.4 Å². The summed E-state index contributed by atoms with van der Waals surface area (Å²) in [5.41, 5.74) is 3.64. The maximum absolute atomic E-state index is 5.92. The lowest BCUT2D eigenvalue weighted by atomic mass is 10.0. The molecule has 188 valence electrons. The second kappa shape index (κ2) is 17.2. The number of rotatable bonds is 18. The molecule has 0 aliphatic carbocycles. The highest BCUT2D eigenvalue weighted by Crippen LogP contribution is 2.24. The summed E-state index contributed by atoms with van der Waals surface area (Å²) in [6.07, 6.45) is 18.2. The third-order valence-electron chi connectivity index (χ3n) is 6.26. The number of unbranched alkanes of at least 4 members (excludes halogenated alkanes) is 7. The molecule has 0 saturated heterocycles. The Kier molecular flexibility index (Phi) is 14.1. The van der Waals surface area contributed by atoms with Crippen LogP contribution >= 0.6 is 0 Å². The highest BCUT2D eigenvalue weighted by molar-refractivity contribution is 5.63. The summed E-state index contributed by atoms with van der Waals surface area (Å²) >= 11 is 0. The summed E-state index contributed by atoms with van der Waals surface area (Å²) in [5.74, 6) is 2.30. The van der Waals surface area contributed by atoms with E-state index in [-0.39, 0.29) is 0 Å². The standard InChI is InChI=1S/C31H47NO2/c1-5-6-7-8-9-10-11-12-23-33-30-19-16-28(17-20-30)29-18-21-31(32-25-29)34-24-22-27(4)15-13-14-26(2)3/h14,16-21,25,27H,5-13,15,22-24H2,1-4H3. The molecule has 0 fully saturated rings. The van der Waals surface area contributed by atoms with E-state index < -0.39 is 0 Å². The summed E-state index contributed by atoms with van der Waals surface area (Å²) in [7, 11) is 0. The third-order valence-corrected chi connectivity index (χ3v) is 6.26. The lowest BCUT2D eigenvalue weighted by molar-refractivity contribution is 0.270. The molecular weight excluding hydrogens is 418 g/mol. The second-order valence-corrected chi connectivity index (χ2v) is 9.83. The van der Waals surface area contributed by atoms with E-state index in [1.807, 2.05) is 12.3 Å². The molecule has 1 aromatic carbocycles. The van der Waals surface area contributed by atoms with Gasteiger partial charge in [0.15, 0.2) is 0 Å². The van der Waals surface area contributed by atoms with Gasteiger partial charge in [0.25, 0.3) is 0 Å². The number of pyridine rings is 1. The molecule has 0 radical (unpaired) electrons. The molecule has 0 spiro atoms. The van der Waals surface area contributed by atoms with Crippen LogP contribution in [0.3, 0.4) is 0 Å². The zero-order valence-electron chi connectivity index (χ0n) is 22.2. The number of allylic oxidation sites excluding steroid dienone is 2. The first kappa shape index (κ1) is 28.0. The molecule has 1 aromatic heterocycles. The minimum Gasteiger partial charge on any atom is -0.494 e. The first-order valence-corrected chi connectivity index (χ1v) is 13.5. The van der Waals surface area contributed by atoms with Crippen LogP contribution in [-0.4, -0.2) is 18.2 Å². The number of hydrogen-bond acceptors (Lipinski definition) is 3. The minimum absolute atomic E-state index is 0.658. The molecule has 0 aliphatic heterocycles. The van der Waals surface area contributed by atoms with Crippen molar-refractivity contribution in [3.63, 3.8) is 0 Å². The Morgan fingerprint density at radius 3 is 2.12 bits per heavy atom. The quantitative estimate of drug-likeness (QED) is 0.162. The van der Waals surface area contributed by atoms with E-state index in [0.717, 1.165) is 42.7 Å². The lowest BCUT2D eigenvalue weighted by Gasteiger charge is -2.11. The third kappa shape index (κ3) is 12.3. The molecule has 34 heavy (non-hydrogen) atoms. The average molecular weight is 466 g/mol. The highest BCUT2D eigenvalue weighted by Gasteiger charge is 2.04. The molecule has 0 N–H and O–H groups in total. The Morgan fingerprint density at radius 1 is 0.794 bits per heavy atom.